The Morgan fingerprint density at radius 2 is 1.73 bits per heavy atom. The highest BCUT2D eigenvalue weighted by Crippen LogP contribution is 2.30. The second-order valence-corrected chi connectivity index (χ2v) is 10.6. The molecule has 1 atom stereocenters. The van der Waals surface area contributed by atoms with Gasteiger partial charge in [0.2, 0.25) is 21.8 Å². The molecule has 10 heteroatoms. The Bertz CT molecular complexity index is 1130. The topological polar surface area (TPSA) is 96.0 Å². The van der Waals surface area contributed by atoms with Crippen LogP contribution in [0.2, 0.25) is 0 Å². The number of benzene rings is 2. The zero-order valence-corrected chi connectivity index (χ0v) is 22.9. The molecule has 0 aliphatic carbocycles. The van der Waals surface area contributed by atoms with E-state index in [1.807, 2.05) is 20.8 Å². The van der Waals surface area contributed by atoms with E-state index in [1.165, 1.54) is 21.3 Å². The maximum absolute atomic E-state index is 13.4. The van der Waals surface area contributed by atoms with E-state index >= 15 is 0 Å². The number of carbonyl (C=O) groups excluding carboxylic acids is 2. The molecule has 2 aromatic rings. The Morgan fingerprint density at radius 1 is 1.05 bits per heavy atom. The number of halogens is 1. The predicted molar refractivity (Wildman–Crippen MR) is 143 cm³/mol. The van der Waals surface area contributed by atoms with Gasteiger partial charge in [-0.05, 0) is 56.0 Å². The molecule has 37 heavy (non-hydrogen) atoms. The van der Waals surface area contributed by atoms with E-state index < -0.39 is 16.1 Å². The van der Waals surface area contributed by atoms with Gasteiger partial charge in [-0.1, -0.05) is 38.1 Å². The number of hydrogen-bond donors (Lipinski definition) is 1. The number of amides is 2. The fourth-order valence-electron chi connectivity index (χ4n) is 4.00. The van der Waals surface area contributed by atoms with E-state index in [0.717, 1.165) is 12.7 Å². The van der Waals surface area contributed by atoms with Crippen molar-refractivity contribution in [1.82, 2.24) is 10.2 Å². The van der Waals surface area contributed by atoms with Crippen LogP contribution >= 0.6 is 0 Å². The zero-order valence-electron chi connectivity index (χ0n) is 22.1. The van der Waals surface area contributed by atoms with Crippen LogP contribution in [0.1, 0.15) is 52.0 Å². The van der Waals surface area contributed by atoms with Gasteiger partial charge < -0.3 is 15.0 Å². The number of nitrogens with one attached hydrogen (secondary N) is 1. The van der Waals surface area contributed by atoms with Crippen molar-refractivity contribution < 1.29 is 27.1 Å². The lowest BCUT2D eigenvalue weighted by molar-refractivity contribution is -0.141. The predicted octanol–water partition coefficient (Wildman–Crippen LogP) is 4.10. The maximum Gasteiger partial charge on any atom is 0.242 e. The first kappa shape index (κ1) is 30.1. The monoisotopic (exact) mass is 535 g/mol. The molecule has 2 aromatic carbocycles. The highest BCUT2D eigenvalue weighted by molar-refractivity contribution is 7.92. The van der Waals surface area contributed by atoms with Gasteiger partial charge in [-0.2, -0.15) is 0 Å². The van der Waals surface area contributed by atoms with Crippen LogP contribution in [0.3, 0.4) is 0 Å². The third-order valence-corrected chi connectivity index (χ3v) is 6.97. The quantitative estimate of drug-likeness (QED) is 0.370. The van der Waals surface area contributed by atoms with E-state index in [2.05, 4.69) is 5.32 Å². The number of sulfonamides is 1. The Morgan fingerprint density at radius 3 is 2.32 bits per heavy atom. The molecule has 0 fully saturated rings. The maximum atomic E-state index is 13.4. The molecule has 0 bridgehead atoms. The highest BCUT2D eigenvalue weighted by Gasteiger charge is 2.29. The fraction of sp³-hybridized carbons (Fsp3) is 0.481. The van der Waals surface area contributed by atoms with Crippen molar-refractivity contribution in [3.05, 3.63) is 59.9 Å². The summed E-state index contributed by atoms with van der Waals surface area (Å²) in [6.07, 6.45) is 2.54. The molecule has 0 heterocycles. The lowest BCUT2D eigenvalue weighted by atomic mass is 10.1. The number of hydrogen-bond acceptors (Lipinski definition) is 5. The van der Waals surface area contributed by atoms with Gasteiger partial charge in [-0.25, -0.2) is 12.8 Å². The number of nitrogens with zero attached hydrogens (tertiary/aromatic N) is 2. The summed E-state index contributed by atoms with van der Waals surface area (Å²) in [5.74, 6) is -0.474. The summed E-state index contributed by atoms with van der Waals surface area (Å²) in [6, 6.07) is 12.0. The summed E-state index contributed by atoms with van der Waals surface area (Å²) in [6.45, 7) is 6.67. The van der Waals surface area contributed by atoms with Gasteiger partial charge in [0.25, 0.3) is 0 Å². The largest absolute Gasteiger partial charge is 0.492 e. The average molecular weight is 536 g/mol. The smallest absolute Gasteiger partial charge is 0.242 e. The van der Waals surface area contributed by atoms with E-state index in [1.54, 1.807) is 36.4 Å². The summed E-state index contributed by atoms with van der Waals surface area (Å²) in [5, 5.41) is 2.85. The molecule has 0 radical (unpaired) electrons. The summed E-state index contributed by atoms with van der Waals surface area (Å²) in [5.41, 5.74) is 1.10. The number of carbonyl (C=O) groups is 2. The van der Waals surface area contributed by atoms with Crippen molar-refractivity contribution in [3.63, 3.8) is 0 Å². The van der Waals surface area contributed by atoms with Gasteiger partial charge in [-0.15, -0.1) is 0 Å². The van der Waals surface area contributed by atoms with Crippen LogP contribution in [0.4, 0.5) is 10.1 Å². The first-order chi connectivity index (χ1) is 17.6. The third-order valence-electron chi connectivity index (χ3n) is 5.79. The van der Waals surface area contributed by atoms with Gasteiger partial charge in [0.05, 0.1) is 18.6 Å². The number of para-hydroxylation sites is 2. The standard InChI is InChI=1S/C27H38FN3O5S/c1-5-18-29-27(33)23(6-2)30(20-21-14-16-22(28)17-15-21)26(32)13-10-19-31(37(4,34)35)24-11-8-9-12-25(24)36-7-3/h8-9,11-12,14-17,23H,5-7,10,13,18-20H2,1-4H3,(H,29,33)/t23-/m1/s1. The van der Waals surface area contributed by atoms with E-state index in [4.69, 9.17) is 4.74 Å². The van der Waals surface area contributed by atoms with Gasteiger partial charge in [0.15, 0.2) is 0 Å². The fourth-order valence-corrected chi connectivity index (χ4v) is 4.96. The molecule has 0 aliphatic heterocycles. The molecule has 2 amide bonds. The normalized spacial score (nSPS) is 12.0. The van der Waals surface area contributed by atoms with Crippen molar-refractivity contribution in [3.8, 4) is 5.75 Å². The van der Waals surface area contributed by atoms with Crippen LogP contribution in [0.5, 0.6) is 5.75 Å². The van der Waals surface area contributed by atoms with Crippen LogP contribution in [-0.2, 0) is 26.2 Å². The number of anilines is 1. The van der Waals surface area contributed by atoms with Crippen LogP contribution in [0, 0.1) is 5.82 Å². The molecule has 0 aromatic heterocycles. The third kappa shape index (κ3) is 9.03. The molecule has 2 rings (SSSR count). The van der Waals surface area contributed by atoms with Crippen LogP contribution in [0.15, 0.2) is 48.5 Å². The molecule has 0 aliphatic rings. The Hall–Kier alpha value is -3.14. The van der Waals surface area contributed by atoms with Crippen molar-refractivity contribution in [2.45, 2.75) is 59.0 Å². The molecule has 204 valence electrons. The van der Waals surface area contributed by atoms with Gasteiger partial charge in [0.1, 0.15) is 17.6 Å². The second-order valence-electron chi connectivity index (χ2n) is 8.70. The minimum atomic E-state index is -3.65. The van der Waals surface area contributed by atoms with Crippen molar-refractivity contribution in [1.29, 1.82) is 0 Å². The van der Waals surface area contributed by atoms with Gasteiger partial charge >= 0.3 is 0 Å². The van der Waals surface area contributed by atoms with Crippen LogP contribution < -0.4 is 14.4 Å². The Kier molecular flexibility index (Phi) is 11.8. The molecule has 1 N–H and O–H groups in total. The first-order valence-corrected chi connectivity index (χ1v) is 14.5. The van der Waals surface area contributed by atoms with Crippen LogP contribution in [-0.4, -0.2) is 57.1 Å². The SMILES string of the molecule is CCCNC(=O)[C@@H](CC)N(Cc1ccc(F)cc1)C(=O)CCCN(c1ccccc1OCC)S(C)(=O)=O. The number of rotatable bonds is 15. The van der Waals surface area contributed by atoms with Gasteiger partial charge in [-0.3, -0.25) is 13.9 Å². The Labute approximate surface area is 219 Å². The van der Waals surface area contributed by atoms with E-state index in [-0.39, 0.29) is 43.6 Å². The lowest BCUT2D eigenvalue weighted by Crippen LogP contribution is -2.49. The van der Waals surface area contributed by atoms with E-state index in [9.17, 15) is 22.4 Å². The molecular weight excluding hydrogens is 497 g/mol. The number of ether oxygens (including phenoxy) is 1. The van der Waals surface area contributed by atoms with Gasteiger partial charge in [0, 0.05) is 26.1 Å². The van der Waals surface area contributed by atoms with Crippen molar-refractivity contribution in [2.75, 3.05) is 30.3 Å². The van der Waals surface area contributed by atoms with E-state index in [0.29, 0.717) is 36.6 Å². The molecule has 0 saturated carbocycles. The Balaban J connectivity index is 2.23. The highest BCUT2D eigenvalue weighted by atomic mass is 32.2. The molecule has 0 spiro atoms. The molecule has 8 nitrogen and oxygen atoms in total. The van der Waals surface area contributed by atoms with Crippen LogP contribution in [0.25, 0.3) is 0 Å². The first-order valence-electron chi connectivity index (χ1n) is 12.6. The summed E-state index contributed by atoms with van der Waals surface area (Å²) in [4.78, 5) is 27.8. The van der Waals surface area contributed by atoms with Crippen molar-refractivity contribution in [2.24, 2.45) is 0 Å². The molecule has 0 unspecified atom stereocenters. The lowest BCUT2D eigenvalue weighted by Gasteiger charge is -2.31. The summed E-state index contributed by atoms with van der Waals surface area (Å²) < 4.78 is 45.5. The summed E-state index contributed by atoms with van der Waals surface area (Å²) in [7, 11) is -3.65. The summed E-state index contributed by atoms with van der Waals surface area (Å²) >= 11 is 0. The minimum absolute atomic E-state index is 0.0293. The molecular formula is C27H38FN3O5S. The zero-order chi connectivity index (χ0) is 27.4. The molecule has 0 saturated heterocycles. The minimum Gasteiger partial charge on any atom is -0.492 e. The average Bonchev–Trinajstić information content (AvgIpc) is 2.86. The second kappa shape index (κ2) is 14.6. The van der Waals surface area contributed by atoms with Crippen molar-refractivity contribution >= 4 is 27.5 Å².